The number of anilines is 1. The number of nitro benzene ring substituents is 1. The normalized spacial score (nSPS) is 10.4. The number of hydrogen-bond acceptors (Lipinski definition) is 4. The van der Waals surface area contributed by atoms with Crippen LogP contribution in [0.15, 0.2) is 60.9 Å². The predicted molar refractivity (Wildman–Crippen MR) is 93.8 cm³/mol. The number of nitrogens with one attached hydrogen (secondary N) is 1. The Hall–Kier alpha value is -3.19. The maximum Gasteiger partial charge on any atom is 0.282 e. The molecule has 0 saturated carbocycles. The van der Waals surface area contributed by atoms with Crippen molar-refractivity contribution >= 4 is 28.9 Å². The number of hydrogen-bond donors (Lipinski definition) is 1. The molecule has 0 radical (unpaired) electrons. The highest BCUT2D eigenvalue weighted by Crippen LogP contribution is 2.20. The number of nitrogens with zero attached hydrogens (tertiary/aromatic N) is 3. The molecular formula is C17H13ClN4O3. The van der Waals surface area contributed by atoms with Gasteiger partial charge in [0.2, 0.25) is 0 Å². The van der Waals surface area contributed by atoms with Crippen LogP contribution in [-0.2, 0) is 6.54 Å². The molecule has 25 heavy (non-hydrogen) atoms. The molecule has 1 aromatic heterocycles. The second-order valence-electron chi connectivity index (χ2n) is 5.25. The van der Waals surface area contributed by atoms with Gasteiger partial charge in [-0.25, -0.2) is 0 Å². The van der Waals surface area contributed by atoms with Crippen molar-refractivity contribution in [2.45, 2.75) is 6.54 Å². The van der Waals surface area contributed by atoms with E-state index in [4.69, 9.17) is 11.6 Å². The molecule has 0 atom stereocenters. The lowest BCUT2D eigenvalue weighted by atomic mass is 10.1. The Balaban J connectivity index is 1.75. The summed E-state index contributed by atoms with van der Waals surface area (Å²) in [5.74, 6) is -0.565. The molecule has 0 aliphatic carbocycles. The van der Waals surface area contributed by atoms with Crippen LogP contribution in [0.4, 0.5) is 11.4 Å². The van der Waals surface area contributed by atoms with Gasteiger partial charge in [0.25, 0.3) is 11.6 Å². The van der Waals surface area contributed by atoms with Gasteiger partial charge in [-0.2, -0.15) is 5.10 Å². The van der Waals surface area contributed by atoms with Crippen LogP contribution in [0.3, 0.4) is 0 Å². The van der Waals surface area contributed by atoms with Gasteiger partial charge in [0.1, 0.15) is 5.56 Å². The first kappa shape index (κ1) is 16.7. The summed E-state index contributed by atoms with van der Waals surface area (Å²) in [5, 5.41) is 18.4. The fourth-order valence-electron chi connectivity index (χ4n) is 2.34. The van der Waals surface area contributed by atoms with Gasteiger partial charge < -0.3 is 5.32 Å². The summed E-state index contributed by atoms with van der Waals surface area (Å²) < 4.78 is 1.62. The van der Waals surface area contributed by atoms with E-state index in [-0.39, 0.29) is 11.3 Å². The molecule has 0 aliphatic heterocycles. The standard InChI is InChI=1S/C17H13ClN4O3/c18-15-7-3-1-5-12(15)10-21-11-13(9-19-21)20-17(23)14-6-2-4-8-16(14)22(24)25/h1-9,11H,10H2,(H,20,23). The number of carbonyl (C=O) groups excluding carboxylic acids is 1. The number of halogens is 1. The average molecular weight is 357 g/mol. The first-order valence-corrected chi connectivity index (χ1v) is 7.73. The number of rotatable bonds is 5. The molecule has 8 heteroatoms. The van der Waals surface area contributed by atoms with Crippen LogP contribution in [0.5, 0.6) is 0 Å². The van der Waals surface area contributed by atoms with Crippen LogP contribution in [0.1, 0.15) is 15.9 Å². The largest absolute Gasteiger partial charge is 0.319 e. The summed E-state index contributed by atoms with van der Waals surface area (Å²) in [6.07, 6.45) is 3.11. The molecule has 2 aromatic carbocycles. The van der Waals surface area contributed by atoms with Crippen molar-refractivity contribution < 1.29 is 9.72 Å². The van der Waals surface area contributed by atoms with Gasteiger partial charge in [-0.3, -0.25) is 19.6 Å². The Morgan fingerprint density at radius 3 is 2.68 bits per heavy atom. The number of benzene rings is 2. The smallest absolute Gasteiger partial charge is 0.282 e. The van der Waals surface area contributed by atoms with Gasteiger partial charge in [0.05, 0.1) is 23.4 Å². The first-order valence-electron chi connectivity index (χ1n) is 7.35. The van der Waals surface area contributed by atoms with E-state index in [1.807, 2.05) is 18.2 Å². The Kier molecular flexibility index (Phi) is 4.76. The highest BCUT2D eigenvalue weighted by molar-refractivity contribution is 6.31. The van der Waals surface area contributed by atoms with Crippen molar-refractivity contribution in [1.82, 2.24) is 9.78 Å². The fourth-order valence-corrected chi connectivity index (χ4v) is 2.53. The molecule has 126 valence electrons. The lowest BCUT2D eigenvalue weighted by molar-refractivity contribution is -0.385. The van der Waals surface area contributed by atoms with E-state index in [2.05, 4.69) is 10.4 Å². The minimum atomic E-state index is -0.588. The topological polar surface area (TPSA) is 90.1 Å². The monoisotopic (exact) mass is 356 g/mol. The molecule has 0 bridgehead atoms. The van der Waals surface area contributed by atoms with Gasteiger partial charge in [-0.15, -0.1) is 0 Å². The van der Waals surface area contributed by atoms with Crippen LogP contribution in [0.2, 0.25) is 5.02 Å². The van der Waals surface area contributed by atoms with Crippen molar-refractivity contribution in [2.75, 3.05) is 5.32 Å². The lowest BCUT2D eigenvalue weighted by Gasteiger charge is -2.04. The molecule has 1 heterocycles. The minimum absolute atomic E-state index is 0.00801. The summed E-state index contributed by atoms with van der Waals surface area (Å²) in [7, 11) is 0. The molecule has 3 rings (SSSR count). The van der Waals surface area contributed by atoms with Gasteiger partial charge in [0, 0.05) is 17.3 Å². The summed E-state index contributed by atoms with van der Waals surface area (Å²) in [6, 6.07) is 13.2. The van der Waals surface area contributed by atoms with Crippen molar-refractivity contribution in [3.05, 3.63) is 87.2 Å². The van der Waals surface area contributed by atoms with Crippen molar-refractivity contribution in [2.24, 2.45) is 0 Å². The maximum atomic E-state index is 12.3. The Labute approximate surface area is 148 Å². The van der Waals surface area contributed by atoms with Gasteiger partial charge in [-0.05, 0) is 17.7 Å². The first-order chi connectivity index (χ1) is 12.0. The number of carbonyl (C=O) groups is 1. The molecule has 1 N–H and O–H groups in total. The van der Waals surface area contributed by atoms with E-state index in [9.17, 15) is 14.9 Å². The highest BCUT2D eigenvalue weighted by Gasteiger charge is 2.19. The molecular weight excluding hydrogens is 344 g/mol. The molecule has 0 saturated heterocycles. The van der Waals surface area contributed by atoms with Crippen LogP contribution >= 0.6 is 11.6 Å². The van der Waals surface area contributed by atoms with Gasteiger partial charge in [0.15, 0.2) is 0 Å². The second-order valence-corrected chi connectivity index (χ2v) is 5.65. The average Bonchev–Trinajstić information content (AvgIpc) is 3.04. The van der Waals surface area contributed by atoms with E-state index in [0.29, 0.717) is 17.3 Å². The van der Waals surface area contributed by atoms with Crippen LogP contribution in [0, 0.1) is 10.1 Å². The van der Waals surface area contributed by atoms with Crippen molar-refractivity contribution in [3.8, 4) is 0 Å². The van der Waals surface area contributed by atoms with Gasteiger partial charge in [-0.1, -0.05) is 41.9 Å². The minimum Gasteiger partial charge on any atom is -0.319 e. The third-order valence-electron chi connectivity index (χ3n) is 3.53. The molecule has 0 spiro atoms. The lowest BCUT2D eigenvalue weighted by Crippen LogP contribution is -2.13. The third kappa shape index (κ3) is 3.84. The Morgan fingerprint density at radius 2 is 1.92 bits per heavy atom. The molecule has 0 aliphatic rings. The second kappa shape index (κ2) is 7.14. The summed E-state index contributed by atoms with van der Waals surface area (Å²) in [5.41, 5.74) is 1.08. The molecule has 1 amide bonds. The maximum absolute atomic E-state index is 12.3. The molecule has 0 fully saturated rings. The van der Waals surface area contributed by atoms with E-state index in [1.165, 1.54) is 24.4 Å². The van der Waals surface area contributed by atoms with Crippen molar-refractivity contribution in [3.63, 3.8) is 0 Å². The molecule has 0 unspecified atom stereocenters. The Morgan fingerprint density at radius 1 is 1.20 bits per heavy atom. The molecule has 3 aromatic rings. The SMILES string of the molecule is O=C(Nc1cnn(Cc2ccccc2Cl)c1)c1ccccc1[N+](=O)[O-]. The highest BCUT2D eigenvalue weighted by atomic mass is 35.5. The van der Waals surface area contributed by atoms with Crippen LogP contribution in [-0.4, -0.2) is 20.6 Å². The summed E-state index contributed by atoms with van der Waals surface area (Å²) in [6.45, 7) is 0.445. The summed E-state index contributed by atoms with van der Waals surface area (Å²) in [4.78, 5) is 22.7. The zero-order valence-electron chi connectivity index (χ0n) is 12.9. The van der Waals surface area contributed by atoms with E-state index in [1.54, 1.807) is 23.0 Å². The number of nitro groups is 1. The predicted octanol–water partition coefficient (Wildman–Crippen LogP) is 3.75. The summed E-state index contributed by atoms with van der Waals surface area (Å²) >= 11 is 6.12. The van der Waals surface area contributed by atoms with E-state index < -0.39 is 10.8 Å². The number of para-hydroxylation sites is 1. The van der Waals surface area contributed by atoms with Crippen LogP contribution in [0.25, 0.3) is 0 Å². The third-order valence-corrected chi connectivity index (χ3v) is 3.90. The number of amides is 1. The Bertz CT molecular complexity index is 939. The van der Waals surface area contributed by atoms with Crippen molar-refractivity contribution in [1.29, 1.82) is 0 Å². The van der Waals surface area contributed by atoms with Gasteiger partial charge >= 0.3 is 0 Å². The quantitative estimate of drug-likeness (QED) is 0.557. The molecule has 7 nitrogen and oxygen atoms in total. The van der Waals surface area contributed by atoms with E-state index >= 15 is 0 Å². The van der Waals surface area contributed by atoms with E-state index in [0.717, 1.165) is 5.56 Å². The van der Waals surface area contributed by atoms with Crippen LogP contribution < -0.4 is 5.32 Å². The zero-order chi connectivity index (χ0) is 17.8. The fraction of sp³-hybridized carbons (Fsp3) is 0.0588. The number of aromatic nitrogens is 2. The zero-order valence-corrected chi connectivity index (χ0v) is 13.7.